The van der Waals surface area contributed by atoms with Crippen molar-refractivity contribution in [3.63, 3.8) is 0 Å². The molecule has 0 unspecified atom stereocenters. The van der Waals surface area contributed by atoms with E-state index < -0.39 is 17.6 Å². The highest BCUT2D eigenvalue weighted by atomic mass is 19.4. The van der Waals surface area contributed by atoms with Gasteiger partial charge in [0.1, 0.15) is 5.82 Å². The number of halogens is 4. The summed E-state index contributed by atoms with van der Waals surface area (Å²) in [7, 11) is 1.68. The Morgan fingerprint density at radius 1 is 1.21 bits per heavy atom. The summed E-state index contributed by atoms with van der Waals surface area (Å²) in [4.78, 5) is 14.3. The van der Waals surface area contributed by atoms with Crippen molar-refractivity contribution < 1.29 is 22.4 Å². The van der Waals surface area contributed by atoms with Crippen molar-refractivity contribution in [3.8, 4) is 0 Å². The van der Waals surface area contributed by atoms with Crippen molar-refractivity contribution in [2.45, 2.75) is 37.9 Å². The molecular weight excluding hydrogens is 384 g/mol. The average Bonchev–Trinajstić information content (AvgIpc) is 3.05. The maximum atomic E-state index is 13.5. The minimum absolute atomic E-state index is 0.0316. The lowest BCUT2D eigenvalue weighted by Gasteiger charge is -2.32. The fourth-order valence-electron chi connectivity index (χ4n) is 4.06. The summed E-state index contributed by atoms with van der Waals surface area (Å²) < 4.78 is 54.3. The normalized spacial score (nSPS) is 16.7. The van der Waals surface area contributed by atoms with Crippen LogP contribution in [0, 0.1) is 5.82 Å². The standard InChI is InChI=1S/C22H20F4N2O/c1-27(21(29)11-14-5-8-19(23)18(10-14)22(24,25)26)16-7-6-15-12-17-4-2-3-9-28(17)20(15)13-16/h2-5,8-10,12,16H,6-7,11,13H2,1H3/t16-/m1/s1. The van der Waals surface area contributed by atoms with Gasteiger partial charge in [0, 0.05) is 36.9 Å². The third-order valence-corrected chi connectivity index (χ3v) is 5.68. The number of hydrogen-bond acceptors (Lipinski definition) is 1. The first-order valence-electron chi connectivity index (χ1n) is 9.43. The fraction of sp³-hybridized carbons (Fsp3) is 0.318. The van der Waals surface area contributed by atoms with E-state index >= 15 is 0 Å². The second-order valence-electron chi connectivity index (χ2n) is 7.50. The highest BCUT2D eigenvalue weighted by Gasteiger charge is 2.34. The first kappa shape index (κ1) is 19.5. The molecule has 1 atom stereocenters. The van der Waals surface area contributed by atoms with Crippen molar-refractivity contribution in [2.24, 2.45) is 0 Å². The van der Waals surface area contributed by atoms with Crippen LogP contribution in [0.3, 0.4) is 0 Å². The molecule has 7 heteroatoms. The molecule has 1 amide bonds. The molecule has 3 nitrogen and oxygen atoms in total. The molecule has 1 aliphatic carbocycles. The molecule has 3 aromatic rings. The van der Waals surface area contributed by atoms with Crippen molar-refractivity contribution in [1.29, 1.82) is 0 Å². The summed E-state index contributed by atoms with van der Waals surface area (Å²) in [6, 6.07) is 10.8. The molecule has 0 bridgehead atoms. The third-order valence-electron chi connectivity index (χ3n) is 5.68. The Morgan fingerprint density at radius 2 is 2.00 bits per heavy atom. The van der Waals surface area contributed by atoms with E-state index in [1.165, 1.54) is 11.6 Å². The predicted molar refractivity (Wildman–Crippen MR) is 101 cm³/mol. The van der Waals surface area contributed by atoms with Gasteiger partial charge >= 0.3 is 6.18 Å². The zero-order chi connectivity index (χ0) is 20.8. The number of aromatic nitrogens is 1. The van der Waals surface area contributed by atoms with E-state index in [1.54, 1.807) is 11.9 Å². The molecule has 4 rings (SSSR count). The Labute approximate surface area is 165 Å². The maximum absolute atomic E-state index is 13.5. The molecule has 1 aliphatic rings. The van der Waals surface area contributed by atoms with Gasteiger partial charge in [-0.3, -0.25) is 4.79 Å². The van der Waals surface area contributed by atoms with Crippen LogP contribution in [0.15, 0.2) is 48.7 Å². The Hall–Kier alpha value is -2.83. The highest BCUT2D eigenvalue weighted by molar-refractivity contribution is 5.79. The van der Waals surface area contributed by atoms with Crippen molar-refractivity contribution in [3.05, 3.63) is 76.9 Å². The predicted octanol–water partition coefficient (Wildman–Crippen LogP) is 4.66. The number of likely N-dealkylation sites (N-methyl/N-ethyl adjacent to an activating group) is 1. The number of fused-ring (bicyclic) bond motifs is 3. The number of hydrogen-bond donors (Lipinski definition) is 0. The Kier molecular flexibility index (Phi) is 4.84. The monoisotopic (exact) mass is 404 g/mol. The zero-order valence-corrected chi connectivity index (χ0v) is 15.8. The maximum Gasteiger partial charge on any atom is 0.419 e. The quantitative estimate of drug-likeness (QED) is 0.583. The van der Waals surface area contributed by atoms with Crippen LogP contribution in [0.5, 0.6) is 0 Å². The molecular formula is C22H20F4N2O. The first-order valence-corrected chi connectivity index (χ1v) is 9.43. The second-order valence-corrected chi connectivity index (χ2v) is 7.50. The number of pyridine rings is 1. The van der Waals surface area contributed by atoms with E-state index in [2.05, 4.69) is 10.5 Å². The van der Waals surface area contributed by atoms with Gasteiger partial charge < -0.3 is 9.30 Å². The van der Waals surface area contributed by atoms with E-state index in [9.17, 15) is 22.4 Å². The van der Waals surface area contributed by atoms with Crippen molar-refractivity contribution in [1.82, 2.24) is 9.30 Å². The Bertz CT molecular complexity index is 1070. The third kappa shape index (κ3) is 3.73. The van der Waals surface area contributed by atoms with Crippen LogP contribution < -0.4 is 0 Å². The molecule has 0 radical (unpaired) electrons. The molecule has 0 fully saturated rings. The summed E-state index contributed by atoms with van der Waals surface area (Å²) in [5.41, 5.74) is 2.35. The van der Waals surface area contributed by atoms with Crippen LogP contribution in [0.25, 0.3) is 5.52 Å². The lowest BCUT2D eigenvalue weighted by atomic mass is 9.92. The summed E-state index contributed by atoms with van der Waals surface area (Å²) in [6.45, 7) is 0. The first-order chi connectivity index (χ1) is 13.7. The van der Waals surface area contributed by atoms with Crippen LogP contribution >= 0.6 is 0 Å². The largest absolute Gasteiger partial charge is 0.419 e. The molecule has 2 aromatic heterocycles. The van der Waals surface area contributed by atoms with Gasteiger partial charge in [0.05, 0.1) is 12.0 Å². The molecule has 29 heavy (non-hydrogen) atoms. The van der Waals surface area contributed by atoms with E-state index in [4.69, 9.17) is 0 Å². The number of benzene rings is 1. The number of carbonyl (C=O) groups excluding carboxylic acids is 1. The lowest BCUT2D eigenvalue weighted by Crippen LogP contribution is -2.41. The second kappa shape index (κ2) is 7.21. The van der Waals surface area contributed by atoms with Crippen molar-refractivity contribution in [2.75, 3.05) is 7.05 Å². The number of rotatable bonds is 3. The Morgan fingerprint density at radius 3 is 2.76 bits per heavy atom. The van der Waals surface area contributed by atoms with Gasteiger partial charge in [0.2, 0.25) is 5.91 Å². The molecule has 0 aliphatic heterocycles. The van der Waals surface area contributed by atoms with Gasteiger partial charge in [0.15, 0.2) is 0 Å². The van der Waals surface area contributed by atoms with E-state index in [0.29, 0.717) is 6.42 Å². The summed E-state index contributed by atoms with van der Waals surface area (Å²) in [6.07, 6.45) is -0.664. The topological polar surface area (TPSA) is 24.7 Å². The minimum Gasteiger partial charge on any atom is -0.342 e. The molecule has 0 saturated heterocycles. The lowest BCUT2D eigenvalue weighted by molar-refractivity contribution is -0.140. The van der Waals surface area contributed by atoms with Crippen LogP contribution in [-0.2, 0) is 30.2 Å². The molecule has 0 N–H and O–H groups in total. The van der Waals surface area contributed by atoms with Gasteiger partial charge in [-0.25, -0.2) is 4.39 Å². The summed E-state index contributed by atoms with van der Waals surface area (Å²) in [5, 5.41) is 0. The molecule has 152 valence electrons. The SMILES string of the molecule is CN(C(=O)Cc1ccc(F)c(C(F)(F)F)c1)[C@@H]1CCc2cc3ccccn3c2C1. The number of carbonyl (C=O) groups is 1. The number of aryl methyl sites for hydroxylation is 1. The van der Waals surface area contributed by atoms with E-state index in [1.807, 2.05) is 24.4 Å². The van der Waals surface area contributed by atoms with Crippen LogP contribution in [0.2, 0.25) is 0 Å². The smallest absolute Gasteiger partial charge is 0.342 e. The molecule has 0 saturated carbocycles. The van der Waals surface area contributed by atoms with Crippen LogP contribution in [0.1, 0.15) is 28.8 Å². The highest BCUT2D eigenvalue weighted by Crippen LogP contribution is 2.32. The van der Waals surface area contributed by atoms with Crippen molar-refractivity contribution >= 4 is 11.4 Å². The number of alkyl halides is 3. The van der Waals surface area contributed by atoms with Gasteiger partial charge in [-0.1, -0.05) is 12.1 Å². The molecule has 1 aromatic carbocycles. The number of nitrogens with zero attached hydrogens (tertiary/aromatic N) is 2. The average molecular weight is 404 g/mol. The van der Waals surface area contributed by atoms with Crippen LogP contribution in [0.4, 0.5) is 17.6 Å². The van der Waals surface area contributed by atoms with Crippen LogP contribution in [-0.4, -0.2) is 28.3 Å². The van der Waals surface area contributed by atoms with Gasteiger partial charge in [-0.05, 0) is 54.3 Å². The zero-order valence-electron chi connectivity index (χ0n) is 15.8. The summed E-state index contributed by atoms with van der Waals surface area (Å²) >= 11 is 0. The fourth-order valence-corrected chi connectivity index (χ4v) is 4.06. The minimum atomic E-state index is -4.79. The van der Waals surface area contributed by atoms with Gasteiger partial charge in [-0.2, -0.15) is 13.2 Å². The molecule has 0 spiro atoms. The molecule has 2 heterocycles. The summed E-state index contributed by atoms with van der Waals surface area (Å²) in [5.74, 6) is -1.61. The van der Waals surface area contributed by atoms with Gasteiger partial charge in [-0.15, -0.1) is 0 Å². The van der Waals surface area contributed by atoms with E-state index in [-0.39, 0.29) is 23.9 Å². The van der Waals surface area contributed by atoms with E-state index in [0.717, 1.165) is 36.2 Å². The number of amides is 1. The Balaban J connectivity index is 1.50. The van der Waals surface area contributed by atoms with Gasteiger partial charge in [0.25, 0.3) is 0 Å².